The first-order chi connectivity index (χ1) is 16.5. The predicted molar refractivity (Wildman–Crippen MR) is 138 cm³/mol. The molecule has 0 spiro atoms. The van der Waals surface area contributed by atoms with Crippen LogP contribution in [0.1, 0.15) is 129 Å². The third-order valence-electron chi connectivity index (χ3n) is 6.91. The highest BCUT2D eigenvalue weighted by molar-refractivity contribution is 5.90. The first kappa shape index (κ1) is 30.4. The molecular weight excluding hydrogens is 430 g/mol. The summed E-state index contributed by atoms with van der Waals surface area (Å²) in [6.07, 6.45) is 19.9. The van der Waals surface area contributed by atoms with Gasteiger partial charge in [0.25, 0.3) is 0 Å². The van der Waals surface area contributed by atoms with E-state index in [0.29, 0.717) is 38.8 Å². The van der Waals surface area contributed by atoms with Crippen LogP contribution in [0.15, 0.2) is 0 Å². The Labute approximate surface area is 207 Å². The largest absolute Gasteiger partial charge is 0.480 e. The Hall–Kier alpha value is -1.63. The second kappa shape index (κ2) is 19.7. The van der Waals surface area contributed by atoms with E-state index in [2.05, 4.69) is 12.2 Å². The molecule has 1 fully saturated rings. The summed E-state index contributed by atoms with van der Waals surface area (Å²) >= 11 is 0. The Bertz CT molecular complexity index is 570. The number of unbranched alkanes of at least 4 members (excludes halogenated alkanes) is 13. The summed E-state index contributed by atoms with van der Waals surface area (Å²) in [5, 5.41) is 12.3. The molecule has 198 valence electrons. The van der Waals surface area contributed by atoms with E-state index in [1.807, 2.05) is 0 Å². The van der Waals surface area contributed by atoms with Gasteiger partial charge >= 0.3 is 5.97 Å². The zero-order chi connectivity index (χ0) is 25.0. The normalized spacial score (nSPS) is 16.5. The summed E-state index contributed by atoms with van der Waals surface area (Å²) in [5.41, 5.74) is 5.58. The van der Waals surface area contributed by atoms with E-state index in [1.165, 1.54) is 69.1 Å². The monoisotopic (exact) mass is 481 g/mol. The first-order valence-corrected chi connectivity index (χ1v) is 14.0. The van der Waals surface area contributed by atoms with E-state index in [0.717, 1.165) is 32.1 Å². The number of amides is 2. The van der Waals surface area contributed by atoms with Crippen molar-refractivity contribution in [3.8, 4) is 0 Å². The van der Waals surface area contributed by atoms with Crippen molar-refractivity contribution in [2.24, 2.45) is 5.73 Å². The molecule has 0 bridgehead atoms. The fourth-order valence-electron chi connectivity index (χ4n) is 4.81. The van der Waals surface area contributed by atoms with Gasteiger partial charge in [-0.3, -0.25) is 9.59 Å². The first-order valence-electron chi connectivity index (χ1n) is 14.0. The van der Waals surface area contributed by atoms with E-state index < -0.39 is 18.1 Å². The van der Waals surface area contributed by atoms with E-state index >= 15 is 0 Å². The molecule has 0 unspecified atom stereocenters. The number of nitrogens with one attached hydrogen (secondary N) is 1. The molecule has 0 radical (unpaired) electrons. The number of carbonyl (C=O) groups excluding carboxylic acids is 2. The Morgan fingerprint density at radius 1 is 0.882 bits per heavy atom. The highest BCUT2D eigenvalue weighted by atomic mass is 16.4. The third-order valence-corrected chi connectivity index (χ3v) is 6.91. The van der Waals surface area contributed by atoms with Gasteiger partial charge in [-0.25, -0.2) is 4.79 Å². The molecule has 1 heterocycles. The molecule has 1 aliphatic heterocycles. The number of nitrogens with zero attached hydrogens (tertiary/aromatic N) is 1. The van der Waals surface area contributed by atoms with Gasteiger partial charge in [-0.05, 0) is 45.1 Å². The predicted octanol–water partition coefficient (Wildman–Crippen LogP) is 5.16. The topological polar surface area (TPSA) is 113 Å². The van der Waals surface area contributed by atoms with Crippen molar-refractivity contribution in [1.82, 2.24) is 10.2 Å². The molecule has 0 aliphatic carbocycles. The molecule has 2 atom stereocenters. The fraction of sp³-hybridized carbons (Fsp3) is 0.889. The van der Waals surface area contributed by atoms with Gasteiger partial charge in [0.1, 0.15) is 12.1 Å². The Morgan fingerprint density at radius 2 is 1.44 bits per heavy atom. The summed E-state index contributed by atoms with van der Waals surface area (Å²) < 4.78 is 0. The van der Waals surface area contributed by atoms with Crippen molar-refractivity contribution < 1.29 is 19.5 Å². The van der Waals surface area contributed by atoms with Gasteiger partial charge in [0.15, 0.2) is 0 Å². The molecule has 1 rings (SSSR count). The fourth-order valence-corrected chi connectivity index (χ4v) is 4.81. The maximum atomic E-state index is 13.0. The van der Waals surface area contributed by atoms with Crippen molar-refractivity contribution in [2.45, 2.75) is 141 Å². The minimum atomic E-state index is -0.968. The van der Waals surface area contributed by atoms with Crippen LogP contribution >= 0.6 is 0 Å². The summed E-state index contributed by atoms with van der Waals surface area (Å²) in [4.78, 5) is 38.4. The van der Waals surface area contributed by atoms with Crippen LogP contribution < -0.4 is 11.1 Å². The number of rotatable bonds is 21. The van der Waals surface area contributed by atoms with Gasteiger partial charge in [-0.1, -0.05) is 84.0 Å². The van der Waals surface area contributed by atoms with Gasteiger partial charge in [-0.2, -0.15) is 0 Å². The van der Waals surface area contributed by atoms with E-state index in [1.54, 1.807) is 0 Å². The highest BCUT2D eigenvalue weighted by Crippen LogP contribution is 2.20. The Morgan fingerprint density at radius 3 is 1.97 bits per heavy atom. The quantitative estimate of drug-likeness (QED) is 0.196. The van der Waals surface area contributed by atoms with Crippen LogP contribution in [0.2, 0.25) is 0 Å². The van der Waals surface area contributed by atoms with Crippen LogP contribution in [0.25, 0.3) is 0 Å². The van der Waals surface area contributed by atoms with E-state index in [4.69, 9.17) is 5.73 Å². The van der Waals surface area contributed by atoms with Gasteiger partial charge in [0.05, 0.1) is 0 Å². The Kier molecular flexibility index (Phi) is 17.6. The van der Waals surface area contributed by atoms with Gasteiger partial charge in [0, 0.05) is 13.0 Å². The molecular formula is C27H51N3O4. The summed E-state index contributed by atoms with van der Waals surface area (Å²) in [6, 6.07) is -1.43. The lowest BCUT2D eigenvalue weighted by Crippen LogP contribution is -2.51. The lowest BCUT2D eigenvalue weighted by atomic mass is 10.0. The second-order valence-electron chi connectivity index (χ2n) is 9.93. The maximum Gasteiger partial charge on any atom is 0.326 e. The number of carboxylic acids is 1. The van der Waals surface area contributed by atoms with Gasteiger partial charge in [0.2, 0.25) is 11.8 Å². The number of nitrogens with two attached hydrogens (primary N) is 1. The lowest BCUT2D eigenvalue weighted by molar-refractivity contribution is -0.149. The van der Waals surface area contributed by atoms with Crippen molar-refractivity contribution in [3.05, 3.63) is 0 Å². The third kappa shape index (κ3) is 13.3. The molecule has 1 saturated heterocycles. The summed E-state index contributed by atoms with van der Waals surface area (Å²) in [7, 11) is 0. The lowest BCUT2D eigenvalue weighted by Gasteiger charge is -2.27. The molecule has 7 heteroatoms. The number of likely N-dealkylation sites (tertiary alicyclic amines) is 1. The second-order valence-corrected chi connectivity index (χ2v) is 9.93. The number of hydrogen-bond donors (Lipinski definition) is 3. The number of carbonyl (C=O) groups is 3. The van der Waals surface area contributed by atoms with Crippen LogP contribution in [0, 0.1) is 0 Å². The molecule has 0 saturated carbocycles. The average Bonchev–Trinajstić information content (AvgIpc) is 3.31. The van der Waals surface area contributed by atoms with Crippen LogP contribution in [0.4, 0.5) is 0 Å². The Balaban J connectivity index is 2.22. The van der Waals surface area contributed by atoms with Gasteiger partial charge < -0.3 is 21.1 Å². The standard InChI is InChI=1S/C27H51N3O4/c1-2-3-4-5-6-7-8-9-10-11-12-13-14-20-25(31)29-23(18-15-16-21-28)26(32)30-22-17-19-24(30)27(33)34/h23-24H,2-22,28H2,1H3,(H,29,31)(H,33,34)/t23-,24-/m0/s1. The van der Waals surface area contributed by atoms with Crippen LogP contribution in [-0.4, -0.2) is 53.0 Å². The van der Waals surface area contributed by atoms with Crippen LogP contribution in [-0.2, 0) is 14.4 Å². The SMILES string of the molecule is CCCCCCCCCCCCCCCC(=O)N[C@@H](CCCCN)C(=O)N1CCC[C@H]1C(=O)O. The van der Waals surface area contributed by atoms with E-state index in [-0.39, 0.29) is 11.8 Å². The molecule has 0 aromatic rings. The molecule has 2 amide bonds. The number of aliphatic carboxylic acids is 1. The zero-order valence-corrected chi connectivity index (χ0v) is 21.7. The number of carboxylic acid groups (broad SMARTS) is 1. The average molecular weight is 482 g/mol. The zero-order valence-electron chi connectivity index (χ0n) is 21.7. The molecule has 0 aromatic carbocycles. The van der Waals surface area contributed by atoms with Crippen molar-refractivity contribution in [1.29, 1.82) is 0 Å². The maximum absolute atomic E-state index is 13.0. The van der Waals surface area contributed by atoms with Crippen LogP contribution in [0.5, 0.6) is 0 Å². The molecule has 0 aromatic heterocycles. The van der Waals surface area contributed by atoms with Crippen molar-refractivity contribution in [2.75, 3.05) is 13.1 Å². The highest BCUT2D eigenvalue weighted by Gasteiger charge is 2.37. The summed E-state index contributed by atoms with van der Waals surface area (Å²) in [5.74, 6) is -1.34. The van der Waals surface area contributed by atoms with Crippen molar-refractivity contribution in [3.63, 3.8) is 0 Å². The number of hydrogen-bond acceptors (Lipinski definition) is 4. The molecule has 7 nitrogen and oxygen atoms in total. The van der Waals surface area contributed by atoms with Crippen molar-refractivity contribution >= 4 is 17.8 Å². The smallest absolute Gasteiger partial charge is 0.326 e. The van der Waals surface area contributed by atoms with Gasteiger partial charge in [-0.15, -0.1) is 0 Å². The molecule has 34 heavy (non-hydrogen) atoms. The van der Waals surface area contributed by atoms with Crippen LogP contribution in [0.3, 0.4) is 0 Å². The van der Waals surface area contributed by atoms with E-state index in [9.17, 15) is 19.5 Å². The minimum absolute atomic E-state index is 0.111. The molecule has 4 N–H and O–H groups in total. The summed E-state index contributed by atoms with van der Waals surface area (Å²) in [6.45, 7) is 3.23. The molecule has 1 aliphatic rings. The minimum Gasteiger partial charge on any atom is -0.480 e.